The zero-order valence-corrected chi connectivity index (χ0v) is 21.7. The smallest absolute Gasteiger partial charge is 0.397 e. The Morgan fingerprint density at radius 2 is 1.44 bits per heavy atom. The molecule has 2 rings (SSSR count). The van der Waals surface area contributed by atoms with Crippen LogP contribution >= 0.6 is 24.6 Å². The minimum atomic E-state index is -5.46. The highest BCUT2D eigenvalue weighted by Gasteiger charge is 2.56. The van der Waals surface area contributed by atoms with Gasteiger partial charge in [0.2, 0.25) is 0 Å². The Labute approximate surface area is 226 Å². The lowest BCUT2D eigenvalue weighted by Gasteiger charge is -2.42. The summed E-state index contributed by atoms with van der Waals surface area (Å²) < 4.78 is 107. The zero-order valence-electron chi connectivity index (χ0n) is 18.4. The quantitative estimate of drug-likeness (QED) is 0.0269. The van der Waals surface area contributed by atoms with Crippen molar-refractivity contribution in [2.75, 3.05) is 13.2 Å². The molecule has 0 bridgehead atoms. The van der Waals surface area contributed by atoms with E-state index in [0.29, 0.717) is 0 Å². The summed E-state index contributed by atoms with van der Waals surface area (Å²) in [6.07, 6.45) is -18.4. The number of aliphatic hydroxyl groups is 2. The van der Waals surface area contributed by atoms with Gasteiger partial charge in [-0.1, -0.05) is 10.1 Å². The second-order valence-corrected chi connectivity index (χ2v) is 10.1. The lowest BCUT2D eigenvalue weighted by molar-refractivity contribution is -0.435. The van der Waals surface area contributed by atoms with Crippen molar-refractivity contribution in [3.63, 3.8) is 0 Å². The van der Waals surface area contributed by atoms with Gasteiger partial charge in [-0.2, -0.15) is 16.8 Å². The maximum Gasteiger partial charge on any atom is 0.397 e. The van der Waals surface area contributed by atoms with E-state index < -0.39 is 95.1 Å². The van der Waals surface area contributed by atoms with Crippen LogP contribution in [0, 0.1) is 0 Å². The van der Waals surface area contributed by atoms with Gasteiger partial charge in [-0.25, -0.2) is 23.7 Å². The number of aliphatic hydroxyl groups excluding tert-OH is 2. The maximum absolute atomic E-state index is 11.7. The molecule has 230 valence electrons. The average molecular weight is 661 g/mol. The van der Waals surface area contributed by atoms with Gasteiger partial charge in [-0.15, -0.1) is 8.67 Å². The van der Waals surface area contributed by atoms with E-state index in [1.807, 2.05) is 0 Å². The molecule has 2 heterocycles. The van der Waals surface area contributed by atoms with E-state index in [9.17, 15) is 46.1 Å². The predicted octanol–water partition coefficient (Wildman–Crippen LogP) is -2.95. The summed E-state index contributed by atoms with van der Waals surface area (Å²) in [5, 5.41) is 52.3. The van der Waals surface area contributed by atoms with Gasteiger partial charge >= 0.3 is 26.8 Å². The molecule has 0 radical (unpaired) electrons. The first-order chi connectivity index (χ1) is 18.2. The van der Waals surface area contributed by atoms with Crippen LogP contribution in [0.25, 0.3) is 0 Å². The van der Waals surface area contributed by atoms with E-state index in [2.05, 4.69) is 27.1 Å². The molecule has 27 heteroatoms. The number of hydrogen-bond acceptors (Lipinski definition) is 22. The van der Waals surface area contributed by atoms with Crippen molar-refractivity contribution in [2.24, 2.45) is 0 Å². The Balaban J connectivity index is 2.47. The van der Waals surface area contributed by atoms with Gasteiger partial charge < -0.3 is 29.5 Å². The Morgan fingerprint density at radius 3 is 1.97 bits per heavy atom. The van der Waals surface area contributed by atoms with Crippen molar-refractivity contribution in [1.29, 1.82) is 0 Å². The third-order valence-corrected chi connectivity index (χ3v) is 6.35. The summed E-state index contributed by atoms with van der Waals surface area (Å²) in [6.45, 7) is -1.66. The van der Waals surface area contributed by atoms with Crippen molar-refractivity contribution in [3.8, 4) is 0 Å². The van der Waals surface area contributed by atoms with Crippen LogP contribution in [0.1, 0.15) is 0 Å². The van der Waals surface area contributed by atoms with Crippen molar-refractivity contribution in [3.05, 3.63) is 0 Å². The third kappa shape index (κ3) is 10.6. The van der Waals surface area contributed by atoms with Gasteiger partial charge in [0.1, 0.15) is 36.6 Å². The highest BCUT2D eigenvalue weighted by atomic mass is 32.3. The van der Waals surface area contributed by atoms with Crippen molar-refractivity contribution in [1.82, 2.24) is 0 Å². The van der Waals surface area contributed by atoms with E-state index in [1.165, 1.54) is 0 Å². The molecule has 0 aromatic rings. The van der Waals surface area contributed by atoms with Crippen LogP contribution in [0.4, 0.5) is 0 Å². The Kier molecular flexibility index (Phi) is 13.8. The third-order valence-electron chi connectivity index (χ3n) is 4.65. The fourth-order valence-corrected chi connectivity index (χ4v) is 4.97. The molecule has 9 atom stereocenters. The van der Waals surface area contributed by atoms with Crippen LogP contribution in [-0.4, -0.2) is 126 Å². The molecule has 0 amide bonds. The number of carbonyl (C=O) groups is 1. The average Bonchev–Trinajstić information content (AvgIpc) is 3.13. The molecule has 0 spiro atoms. The summed E-state index contributed by atoms with van der Waals surface area (Å²) in [6, 6.07) is 0. The van der Waals surface area contributed by atoms with E-state index in [0.717, 1.165) is 0 Å². The monoisotopic (exact) mass is 660 g/mol. The van der Waals surface area contributed by atoms with Crippen LogP contribution in [0.5, 0.6) is 0 Å². The Hall–Kier alpha value is -0.610. The molecule has 23 nitrogen and oxygen atoms in total. The minimum Gasteiger partial charge on any atom is -0.479 e. The highest BCUT2D eigenvalue weighted by Crippen LogP contribution is 2.35. The first-order valence-corrected chi connectivity index (χ1v) is 13.6. The largest absolute Gasteiger partial charge is 0.479 e. The number of rotatable bonds is 17. The Morgan fingerprint density at radius 1 is 0.846 bits per heavy atom. The highest BCUT2D eigenvalue weighted by molar-refractivity contribution is 7.89. The van der Waals surface area contributed by atoms with Gasteiger partial charge in [0.05, 0.1) is 13.2 Å². The van der Waals surface area contributed by atoms with Crippen LogP contribution in [0.15, 0.2) is 0 Å². The lowest BCUT2D eigenvalue weighted by atomic mass is 9.98. The molecular weight excluding hydrogens is 640 g/mol. The molecular formula is C12H20O23S4. The molecule has 39 heavy (non-hydrogen) atoms. The molecule has 7 N–H and O–H groups in total. The van der Waals surface area contributed by atoms with Gasteiger partial charge in [0.25, 0.3) is 0 Å². The predicted molar refractivity (Wildman–Crippen MR) is 111 cm³/mol. The van der Waals surface area contributed by atoms with Crippen LogP contribution < -0.4 is 0 Å². The summed E-state index contributed by atoms with van der Waals surface area (Å²) in [7, 11) is -10.8. The van der Waals surface area contributed by atoms with Crippen molar-refractivity contribution in [2.45, 2.75) is 55.1 Å². The van der Waals surface area contributed by atoms with Gasteiger partial charge in [0.15, 0.2) is 43.1 Å². The first kappa shape index (κ1) is 34.6. The molecule has 2 fully saturated rings. The van der Waals surface area contributed by atoms with Gasteiger partial charge in [0, 0.05) is 0 Å². The van der Waals surface area contributed by atoms with Gasteiger partial charge in [-0.05, 0) is 0 Å². The number of hydrogen-bond donors (Lipinski definition) is 7. The summed E-state index contributed by atoms with van der Waals surface area (Å²) in [5.41, 5.74) is 0. The second-order valence-electron chi connectivity index (χ2n) is 6.99. The van der Waals surface area contributed by atoms with Crippen molar-refractivity contribution < 1.29 is 106 Å². The topological polar surface area (TPSA) is 328 Å². The standard InChI is InChI=1S/C12H20O23S4/c13-1-3-7(30-38(19,20)21)6(4(26-3)2-25-36-34-32-17)27-12-10(31-39(22,23)24)8(29-37-35-33-18)5(14)9(28-12)11(15)16/h3-10,12-14,17-18H,1-2H2,(H,15,16)(H,19,20,21)(H,22,23,24). The summed E-state index contributed by atoms with van der Waals surface area (Å²) in [4.78, 5) is 11.7. The summed E-state index contributed by atoms with van der Waals surface area (Å²) >= 11 is -0.267. The molecule has 2 aliphatic heterocycles. The molecule has 2 aliphatic rings. The molecule has 0 saturated carbocycles. The molecule has 0 aliphatic carbocycles. The van der Waals surface area contributed by atoms with Crippen molar-refractivity contribution >= 4 is 51.4 Å². The van der Waals surface area contributed by atoms with Crippen LogP contribution in [0.3, 0.4) is 0 Å². The molecule has 2 saturated heterocycles. The van der Waals surface area contributed by atoms with Crippen LogP contribution in [-0.2, 0) is 75.3 Å². The SMILES string of the molecule is O=C(O)C1OC(OC2C(COSOOO)OC(CO)C2OS(=O)(=O)O)C(OS(=O)(=O)O)C(OSOOO)C1O. The van der Waals surface area contributed by atoms with Crippen LogP contribution in [0.2, 0.25) is 0 Å². The molecule has 9 unspecified atom stereocenters. The zero-order chi connectivity index (χ0) is 29.4. The summed E-state index contributed by atoms with van der Waals surface area (Å²) in [5.74, 6) is -1.88. The van der Waals surface area contributed by atoms with E-state index in [4.69, 9.17) is 33.1 Å². The number of aliphatic carboxylic acids is 1. The van der Waals surface area contributed by atoms with E-state index in [1.54, 1.807) is 0 Å². The Bertz CT molecular complexity index is 976. The lowest BCUT2D eigenvalue weighted by Crippen LogP contribution is -2.63. The number of carboxylic acid groups (broad SMARTS) is 1. The van der Waals surface area contributed by atoms with E-state index >= 15 is 0 Å². The maximum atomic E-state index is 11.7. The second kappa shape index (κ2) is 15.6. The number of carboxylic acids is 1. The fraction of sp³-hybridized carbons (Fsp3) is 0.917. The first-order valence-electron chi connectivity index (χ1n) is 9.58. The van der Waals surface area contributed by atoms with E-state index in [-0.39, 0.29) is 24.6 Å². The minimum absolute atomic E-state index is 0.00931. The molecule has 0 aromatic heterocycles. The van der Waals surface area contributed by atoms with Gasteiger partial charge in [-0.3, -0.25) is 17.5 Å². The fourth-order valence-electron chi connectivity index (χ4n) is 3.35. The molecule has 0 aromatic carbocycles. The normalized spacial score (nSPS) is 33.8. The number of ether oxygens (including phenoxy) is 3.